The molecule has 1 aliphatic heterocycles. The largest absolute Gasteiger partial charge is 0.379 e. The third-order valence-electron chi connectivity index (χ3n) is 6.96. The van der Waals surface area contributed by atoms with Crippen molar-refractivity contribution in [3.05, 3.63) is 101 Å². The van der Waals surface area contributed by atoms with Gasteiger partial charge < -0.3 is 10.1 Å². The summed E-state index contributed by atoms with van der Waals surface area (Å²) in [5.41, 5.74) is 4.40. The predicted octanol–water partition coefficient (Wildman–Crippen LogP) is 5.20. The molecule has 1 heterocycles. The Morgan fingerprint density at radius 1 is 0.909 bits per heavy atom. The molecular weight excluding hydrogens is 408 g/mol. The van der Waals surface area contributed by atoms with Crippen molar-refractivity contribution in [2.75, 3.05) is 38.2 Å². The molecule has 1 N–H and O–H groups in total. The Bertz CT molecular complexity index is 1020. The van der Waals surface area contributed by atoms with Crippen molar-refractivity contribution in [3.8, 4) is 0 Å². The minimum Gasteiger partial charge on any atom is -0.379 e. The van der Waals surface area contributed by atoms with E-state index in [1.807, 2.05) is 42.5 Å². The normalized spacial score (nSPS) is 15.7. The number of hydrogen-bond donors (Lipinski definition) is 1. The Morgan fingerprint density at radius 3 is 2.03 bits per heavy atom. The Balaban J connectivity index is 1.81. The van der Waals surface area contributed by atoms with Crippen LogP contribution in [0.25, 0.3) is 0 Å². The second-order valence-corrected chi connectivity index (χ2v) is 9.11. The van der Waals surface area contributed by atoms with E-state index in [1.165, 1.54) is 11.1 Å². The van der Waals surface area contributed by atoms with Gasteiger partial charge in [0.15, 0.2) is 0 Å². The molecule has 4 nitrogen and oxygen atoms in total. The molecule has 1 saturated heterocycles. The highest BCUT2D eigenvalue weighted by Gasteiger charge is 2.47. The summed E-state index contributed by atoms with van der Waals surface area (Å²) >= 11 is 0. The van der Waals surface area contributed by atoms with Crippen LogP contribution in [0.2, 0.25) is 0 Å². The molecule has 0 aliphatic carbocycles. The number of carbonyl (C=O) groups excluding carboxylic acids is 1. The van der Waals surface area contributed by atoms with Gasteiger partial charge in [-0.05, 0) is 54.2 Å². The van der Waals surface area contributed by atoms with Crippen molar-refractivity contribution < 1.29 is 9.53 Å². The minimum absolute atomic E-state index is 0.00362. The molecule has 172 valence electrons. The summed E-state index contributed by atoms with van der Waals surface area (Å²) in [6, 6.07) is 26.6. The van der Waals surface area contributed by atoms with Crippen LogP contribution in [-0.4, -0.2) is 43.7 Å². The number of ether oxygens (including phenoxy) is 1. The fourth-order valence-corrected chi connectivity index (χ4v) is 4.98. The Labute approximate surface area is 197 Å². The topological polar surface area (TPSA) is 41.6 Å². The van der Waals surface area contributed by atoms with E-state index in [-0.39, 0.29) is 11.8 Å². The lowest BCUT2D eigenvalue weighted by molar-refractivity contribution is -0.122. The van der Waals surface area contributed by atoms with Crippen molar-refractivity contribution in [2.24, 2.45) is 5.92 Å². The molecule has 1 amide bonds. The van der Waals surface area contributed by atoms with Crippen molar-refractivity contribution in [2.45, 2.75) is 26.2 Å². The number of carbonyl (C=O) groups is 1. The van der Waals surface area contributed by atoms with Crippen molar-refractivity contribution in [1.82, 2.24) is 4.90 Å². The standard InChI is InChI=1S/C29H34N2O2/c1-22-14-15-27(20-23(22)2)30-28(32)29(25-10-6-4-7-11-25,26-12-8-5-9-13-26)24(3)21-31-16-18-33-19-17-31/h4-15,20,24H,16-19,21H2,1-3H3,(H,30,32)/t24-/m0/s1. The van der Waals surface area contributed by atoms with Gasteiger partial charge in [0.2, 0.25) is 5.91 Å². The summed E-state index contributed by atoms with van der Waals surface area (Å²) in [6.45, 7) is 10.4. The van der Waals surface area contributed by atoms with Gasteiger partial charge in [-0.15, -0.1) is 0 Å². The number of hydrogen-bond acceptors (Lipinski definition) is 3. The summed E-state index contributed by atoms with van der Waals surface area (Å²) in [7, 11) is 0. The molecule has 1 aliphatic rings. The first-order valence-electron chi connectivity index (χ1n) is 11.8. The zero-order valence-electron chi connectivity index (χ0n) is 19.9. The lowest BCUT2D eigenvalue weighted by Crippen LogP contribution is -2.51. The number of anilines is 1. The highest BCUT2D eigenvalue weighted by atomic mass is 16.5. The molecule has 0 aromatic heterocycles. The van der Waals surface area contributed by atoms with Gasteiger partial charge in [-0.3, -0.25) is 9.69 Å². The van der Waals surface area contributed by atoms with Crippen LogP contribution < -0.4 is 5.32 Å². The first kappa shape index (κ1) is 23.2. The predicted molar refractivity (Wildman–Crippen MR) is 135 cm³/mol. The van der Waals surface area contributed by atoms with E-state index in [0.29, 0.717) is 0 Å². The lowest BCUT2D eigenvalue weighted by atomic mass is 9.65. The zero-order valence-corrected chi connectivity index (χ0v) is 19.9. The van der Waals surface area contributed by atoms with Crippen molar-refractivity contribution in [1.29, 1.82) is 0 Å². The highest BCUT2D eigenvalue weighted by molar-refractivity contribution is 6.02. The number of aryl methyl sites for hydroxylation is 2. The Kier molecular flexibility index (Phi) is 7.26. The Hall–Kier alpha value is -2.95. The summed E-state index contributed by atoms with van der Waals surface area (Å²) in [5.74, 6) is 0.0378. The maximum atomic E-state index is 14.4. The molecule has 0 unspecified atom stereocenters. The molecule has 4 heteroatoms. The van der Waals surface area contributed by atoms with Crippen LogP contribution in [0.1, 0.15) is 29.2 Å². The van der Waals surface area contributed by atoms with E-state index in [1.54, 1.807) is 0 Å². The Morgan fingerprint density at radius 2 is 1.48 bits per heavy atom. The summed E-state index contributed by atoms with van der Waals surface area (Å²) in [6.07, 6.45) is 0. The fraction of sp³-hybridized carbons (Fsp3) is 0.345. The molecule has 3 aromatic carbocycles. The van der Waals surface area contributed by atoms with Gasteiger partial charge in [0.05, 0.1) is 13.2 Å². The van der Waals surface area contributed by atoms with Crippen LogP contribution in [0.15, 0.2) is 78.9 Å². The SMILES string of the molecule is Cc1ccc(NC(=O)C(c2ccccc2)(c2ccccc2)[C@@H](C)CN2CCOCC2)cc1C. The third-order valence-corrected chi connectivity index (χ3v) is 6.96. The molecule has 0 spiro atoms. The van der Waals surface area contributed by atoms with E-state index < -0.39 is 5.41 Å². The molecule has 3 aromatic rings. The van der Waals surface area contributed by atoms with Gasteiger partial charge in [-0.1, -0.05) is 73.7 Å². The average molecular weight is 443 g/mol. The van der Waals surface area contributed by atoms with Crippen LogP contribution >= 0.6 is 0 Å². The monoisotopic (exact) mass is 442 g/mol. The first-order chi connectivity index (χ1) is 16.0. The van der Waals surface area contributed by atoms with Gasteiger partial charge in [-0.2, -0.15) is 0 Å². The molecule has 0 saturated carbocycles. The zero-order chi connectivity index (χ0) is 23.3. The minimum atomic E-state index is -0.834. The van der Waals surface area contributed by atoms with Crippen molar-refractivity contribution in [3.63, 3.8) is 0 Å². The van der Waals surface area contributed by atoms with Crippen LogP contribution in [0, 0.1) is 19.8 Å². The first-order valence-corrected chi connectivity index (χ1v) is 11.8. The third kappa shape index (κ3) is 4.87. The number of nitrogens with one attached hydrogen (secondary N) is 1. The van der Waals surface area contributed by atoms with E-state index >= 15 is 0 Å². The van der Waals surface area contributed by atoms with Gasteiger partial charge >= 0.3 is 0 Å². The number of benzene rings is 3. The number of rotatable bonds is 7. The quantitative estimate of drug-likeness (QED) is 0.547. The maximum absolute atomic E-state index is 14.4. The van der Waals surface area contributed by atoms with Crippen LogP contribution in [0.5, 0.6) is 0 Å². The van der Waals surface area contributed by atoms with Crippen molar-refractivity contribution >= 4 is 11.6 Å². The molecular formula is C29H34N2O2. The van der Waals surface area contributed by atoms with E-state index in [9.17, 15) is 4.79 Å². The average Bonchev–Trinajstić information content (AvgIpc) is 2.84. The molecule has 1 fully saturated rings. The summed E-state index contributed by atoms with van der Waals surface area (Å²) in [5, 5.41) is 3.28. The number of morpholine rings is 1. The fourth-order valence-electron chi connectivity index (χ4n) is 4.98. The lowest BCUT2D eigenvalue weighted by Gasteiger charge is -2.41. The van der Waals surface area contributed by atoms with Crippen LogP contribution in [0.3, 0.4) is 0 Å². The molecule has 1 atom stereocenters. The molecule has 0 bridgehead atoms. The van der Waals surface area contributed by atoms with E-state index in [2.05, 4.69) is 67.4 Å². The van der Waals surface area contributed by atoms with E-state index in [4.69, 9.17) is 4.74 Å². The van der Waals surface area contributed by atoms with Gasteiger partial charge in [-0.25, -0.2) is 0 Å². The van der Waals surface area contributed by atoms with Gasteiger partial charge in [0, 0.05) is 25.3 Å². The van der Waals surface area contributed by atoms with Gasteiger partial charge in [0.25, 0.3) is 0 Å². The summed E-state index contributed by atoms with van der Waals surface area (Å²) < 4.78 is 5.56. The summed E-state index contributed by atoms with van der Waals surface area (Å²) in [4.78, 5) is 16.8. The van der Waals surface area contributed by atoms with Crippen LogP contribution in [0.4, 0.5) is 5.69 Å². The van der Waals surface area contributed by atoms with E-state index in [0.717, 1.165) is 49.7 Å². The maximum Gasteiger partial charge on any atom is 0.239 e. The second-order valence-electron chi connectivity index (χ2n) is 9.11. The number of amides is 1. The highest BCUT2D eigenvalue weighted by Crippen LogP contribution is 2.41. The van der Waals surface area contributed by atoms with Gasteiger partial charge in [0.1, 0.15) is 5.41 Å². The molecule has 0 radical (unpaired) electrons. The van der Waals surface area contributed by atoms with Crippen LogP contribution in [-0.2, 0) is 14.9 Å². The molecule has 33 heavy (non-hydrogen) atoms. The smallest absolute Gasteiger partial charge is 0.239 e. The molecule has 4 rings (SSSR count). The second kappa shape index (κ2) is 10.3. The number of nitrogens with zero attached hydrogens (tertiary/aromatic N) is 1.